The van der Waals surface area contributed by atoms with Crippen LogP contribution in [-0.4, -0.2) is 29.6 Å². The van der Waals surface area contributed by atoms with Crippen molar-refractivity contribution < 1.29 is 0 Å². The SMILES string of the molecule is CCCN(C)CCCn1c2ccccc2c2ccccc21. The van der Waals surface area contributed by atoms with Crippen molar-refractivity contribution in [2.45, 2.75) is 26.3 Å². The first kappa shape index (κ1) is 14.2. The summed E-state index contributed by atoms with van der Waals surface area (Å²) < 4.78 is 2.48. The molecule has 110 valence electrons. The zero-order valence-corrected chi connectivity index (χ0v) is 13.0. The molecule has 0 saturated carbocycles. The van der Waals surface area contributed by atoms with Crippen LogP contribution < -0.4 is 0 Å². The standard InChI is InChI=1S/C19H24N2/c1-3-13-20(2)14-8-15-21-18-11-6-4-9-16(18)17-10-5-7-12-19(17)21/h4-7,9-12H,3,8,13-15H2,1-2H3. The van der Waals surface area contributed by atoms with Crippen molar-refractivity contribution in [3.63, 3.8) is 0 Å². The lowest BCUT2D eigenvalue weighted by Gasteiger charge is -2.16. The minimum Gasteiger partial charge on any atom is -0.340 e. The fraction of sp³-hybridized carbons (Fsp3) is 0.368. The zero-order valence-electron chi connectivity index (χ0n) is 13.0. The Morgan fingerprint density at radius 3 is 2.00 bits per heavy atom. The van der Waals surface area contributed by atoms with Crippen molar-refractivity contribution in [1.82, 2.24) is 9.47 Å². The second-order valence-electron chi connectivity index (χ2n) is 5.84. The van der Waals surface area contributed by atoms with Gasteiger partial charge in [0.2, 0.25) is 0 Å². The smallest absolute Gasteiger partial charge is 0.0491 e. The molecule has 0 aliphatic carbocycles. The van der Waals surface area contributed by atoms with Crippen molar-refractivity contribution in [1.29, 1.82) is 0 Å². The summed E-state index contributed by atoms with van der Waals surface area (Å²) >= 11 is 0. The third-order valence-electron chi connectivity index (χ3n) is 4.21. The van der Waals surface area contributed by atoms with Crippen LogP contribution in [0.1, 0.15) is 19.8 Å². The Kier molecular flexibility index (Phi) is 4.26. The Hall–Kier alpha value is -1.80. The molecule has 0 bridgehead atoms. The Labute approximate surface area is 127 Å². The first-order valence-corrected chi connectivity index (χ1v) is 7.95. The van der Waals surface area contributed by atoms with Gasteiger partial charge in [-0.1, -0.05) is 43.3 Å². The molecular formula is C19H24N2. The van der Waals surface area contributed by atoms with Crippen molar-refractivity contribution in [3.8, 4) is 0 Å². The number of benzene rings is 2. The number of fused-ring (bicyclic) bond motifs is 3. The highest BCUT2D eigenvalue weighted by molar-refractivity contribution is 6.07. The molecule has 1 aromatic heterocycles. The summed E-state index contributed by atoms with van der Waals surface area (Å²) in [6, 6.07) is 17.5. The van der Waals surface area contributed by atoms with Crippen LogP contribution in [0.3, 0.4) is 0 Å². The van der Waals surface area contributed by atoms with Gasteiger partial charge in [-0.25, -0.2) is 0 Å². The van der Waals surface area contributed by atoms with E-state index in [4.69, 9.17) is 0 Å². The van der Waals surface area contributed by atoms with E-state index in [1.54, 1.807) is 0 Å². The monoisotopic (exact) mass is 280 g/mol. The van der Waals surface area contributed by atoms with Crippen molar-refractivity contribution in [2.75, 3.05) is 20.1 Å². The van der Waals surface area contributed by atoms with E-state index in [-0.39, 0.29) is 0 Å². The van der Waals surface area contributed by atoms with E-state index < -0.39 is 0 Å². The molecule has 0 spiro atoms. The highest BCUT2D eigenvalue weighted by Crippen LogP contribution is 2.28. The molecule has 3 aromatic rings. The van der Waals surface area contributed by atoms with Gasteiger partial charge in [0.05, 0.1) is 0 Å². The largest absolute Gasteiger partial charge is 0.340 e. The van der Waals surface area contributed by atoms with Gasteiger partial charge < -0.3 is 9.47 Å². The lowest BCUT2D eigenvalue weighted by molar-refractivity contribution is 0.323. The minimum atomic E-state index is 1.09. The average molecular weight is 280 g/mol. The predicted octanol–water partition coefficient (Wildman–Crippen LogP) is 4.53. The average Bonchev–Trinajstić information content (AvgIpc) is 2.83. The first-order valence-electron chi connectivity index (χ1n) is 7.95. The number of rotatable bonds is 6. The van der Waals surface area contributed by atoms with Crippen LogP contribution in [-0.2, 0) is 6.54 Å². The van der Waals surface area contributed by atoms with Crippen LogP contribution >= 0.6 is 0 Å². The van der Waals surface area contributed by atoms with Crippen molar-refractivity contribution in [2.24, 2.45) is 0 Å². The van der Waals surface area contributed by atoms with Gasteiger partial charge >= 0.3 is 0 Å². The molecule has 1 heterocycles. The van der Waals surface area contributed by atoms with Crippen LogP contribution in [0.15, 0.2) is 48.5 Å². The summed E-state index contributed by atoms with van der Waals surface area (Å²) in [4.78, 5) is 2.42. The zero-order chi connectivity index (χ0) is 14.7. The minimum absolute atomic E-state index is 1.09. The molecule has 0 aliphatic heterocycles. The van der Waals surface area contributed by atoms with Gasteiger partial charge in [-0.2, -0.15) is 0 Å². The summed E-state index contributed by atoms with van der Waals surface area (Å²) in [5.41, 5.74) is 2.72. The Bertz CT molecular complexity index is 673. The highest BCUT2D eigenvalue weighted by atomic mass is 15.1. The molecule has 0 aliphatic rings. The number of nitrogens with zero attached hydrogens (tertiary/aromatic N) is 2. The molecule has 0 amide bonds. The first-order chi connectivity index (χ1) is 10.3. The Morgan fingerprint density at radius 2 is 1.43 bits per heavy atom. The molecule has 0 radical (unpaired) electrons. The molecular weight excluding hydrogens is 256 g/mol. The third kappa shape index (κ3) is 2.81. The molecule has 0 saturated heterocycles. The van der Waals surface area contributed by atoms with Gasteiger partial charge in [0.15, 0.2) is 0 Å². The molecule has 0 N–H and O–H groups in total. The quantitative estimate of drug-likeness (QED) is 0.644. The van der Waals surface area contributed by atoms with Crippen molar-refractivity contribution >= 4 is 21.8 Å². The third-order valence-corrected chi connectivity index (χ3v) is 4.21. The van der Waals surface area contributed by atoms with Crippen molar-refractivity contribution in [3.05, 3.63) is 48.5 Å². The number of para-hydroxylation sites is 2. The van der Waals surface area contributed by atoms with E-state index in [1.807, 2.05) is 0 Å². The summed E-state index contributed by atoms with van der Waals surface area (Å²) in [6.07, 6.45) is 2.42. The lowest BCUT2D eigenvalue weighted by Crippen LogP contribution is -2.21. The Balaban J connectivity index is 1.89. The summed E-state index contributed by atoms with van der Waals surface area (Å²) in [7, 11) is 2.22. The van der Waals surface area contributed by atoms with E-state index in [2.05, 4.69) is 72.0 Å². The van der Waals surface area contributed by atoms with Gasteiger partial charge in [-0.3, -0.25) is 0 Å². The molecule has 3 rings (SSSR count). The number of aryl methyl sites for hydroxylation is 1. The fourth-order valence-electron chi connectivity index (χ4n) is 3.24. The lowest BCUT2D eigenvalue weighted by atomic mass is 10.2. The predicted molar refractivity (Wildman–Crippen MR) is 91.8 cm³/mol. The van der Waals surface area contributed by atoms with Gasteiger partial charge in [0.25, 0.3) is 0 Å². The molecule has 0 fully saturated rings. The summed E-state index contributed by atoms with van der Waals surface area (Å²) in [5, 5.41) is 2.74. The normalized spacial score (nSPS) is 11.8. The van der Waals surface area contributed by atoms with Crippen LogP contribution in [0.2, 0.25) is 0 Å². The maximum atomic E-state index is 2.48. The van der Waals surface area contributed by atoms with Crippen LogP contribution in [0.25, 0.3) is 21.8 Å². The topological polar surface area (TPSA) is 8.17 Å². The Morgan fingerprint density at radius 1 is 0.857 bits per heavy atom. The molecule has 2 heteroatoms. The van der Waals surface area contributed by atoms with Gasteiger partial charge in [0, 0.05) is 28.4 Å². The molecule has 2 aromatic carbocycles. The van der Waals surface area contributed by atoms with Crippen LogP contribution in [0.5, 0.6) is 0 Å². The molecule has 0 atom stereocenters. The number of hydrogen-bond donors (Lipinski definition) is 0. The van der Waals surface area contributed by atoms with E-state index >= 15 is 0 Å². The summed E-state index contributed by atoms with van der Waals surface area (Å²) in [5.74, 6) is 0. The summed E-state index contributed by atoms with van der Waals surface area (Å²) in [6.45, 7) is 5.67. The molecule has 2 nitrogen and oxygen atoms in total. The van der Waals surface area contributed by atoms with E-state index in [0.717, 1.165) is 13.1 Å². The van der Waals surface area contributed by atoms with Gasteiger partial charge in [-0.15, -0.1) is 0 Å². The van der Waals surface area contributed by atoms with E-state index in [9.17, 15) is 0 Å². The van der Waals surface area contributed by atoms with E-state index in [0.29, 0.717) is 0 Å². The molecule has 21 heavy (non-hydrogen) atoms. The molecule has 0 unspecified atom stereocenters. The maximum absolute atomic E-state index is 2.48. The second-order valence-corrected chi connectivity index (χ2v) is 5.84. The van der Waals surface area contributed by atoms with E-state index in [1.165, 1.54) is 41.2 Å². The number of aromatic nitrogens is 1. The number of hydrogen-bond acceptors (Lipinski definition) is 1. The van der Waals surface area contributed by atoms with Crippen LogP contribution in [0.4, 0.5) is 0 Å². The highest BCUT2D eigenvalue weighted by Gasteiger charge is 2.09. The fourth-order valence-corrected chi connectivity index (χ4v) is 3.24. The maximum Gasteiger partial charge on any atom is 0.0491 e. The second kappa shape index (κ2) is 6.31. The van der Waals surface area contributed by atoms with Gasteiger partial charge in [0.1, 0.15) is 0 Å². The van der Waals surface area contributed by atoms with Gasteiger partial charge in [-0.05, 0) is 45.1 Å². The van der Waals surface area contributed by atoms with Crippen LogP contribution in [0, 0.1) is 0 Å².